The molecule has 0 unspecified atom stereocenters. The maximum Gasteiger partial charge on any atom is 0.490 e. The third-order valence-electron chi connectivity index (χ3n) is 6.85. The lowest BCUT2D eigenvalue weighted by Crippen LogP contribution is -2.47. The molecule has 0 aliphatic carbocycles. The van der Waals surface area contributed by atoms with Gasteiger partial charge < -0.3 is 25.1 Å². The third-order valence-corrected chi connectivity index (χ3v) is 8.52. The average molecular weight is 600 g/mol. The molecule has 0 radical (unpaired) electrons. The summed E-state index contributed by atoms with van der Waals surface area (Å²) in [5.41, 5.74) is 4.18. The van der Waals surface area contributed by atoms with Crippen LogP contribution in [0.3, 0.4) is 0 Å². The lowest BCUT2D eigenvalue weighted by Gasteiger charge is -2.33. The molecule has 10 nitrogen and oxygen atoms in total. The van der Waals surface area contributed by atoms with Crippen LogP contribution < -0.4 is 14.9 Å². The summed E-state index contributed by atoms with van der Waals surface area (Å²) in [6.45, 7) is 11.8. The molecule has 2 saturated heterocycles. The van der Waals surface area contributed by atoms with E-state index in [4.69, 9.17) is 9.90 Å². The van der Waals surface area contributed by atoms with Gasteiger partial charge in [-0.3, -0.25) is 9.52 Å². The van der Waals surface area contributed by atoms with E-state index < -0.39 is 22.2 Å². The van der Waals surface area contributed by atoms with Crippen molar-refractivity contribution < 1.29 is 36.3 Å². The summed E-state index contributed by atoms with van der Waals surface area (Å²) in [7, 11) is -1.80. The van der Waals surface area contributed by atoms with Crippen LogP contribution in [0.25, 0.3) is 0 Å². The first-order valence-corrected chi connectivity index (χ1v) is 14.6. The SMILES string of the molecule is Cc1cc(C)c(S(=O)(=O)Nc2cc(C(=O)N3CCN(C)CC3)ccc2N2CCNCC2)c(C)c1.O=C(O)C(F)(F)F. The van der Waals surface area contributed by atoms with E-state index >= 15 is 0 Å². The Kier molecular flexibility index (Phi) is 10.3. The second kappa shape index (κ2) is 13.1. The predicted molar refractivity (Wildman–Crippen MR) is 150 cm³/mol. The Morgan fingerprint density at radius 1 is 0.927 bits per heavy atom. The molecule has 0 spiro atoms. The van der Waals surface area contributed by atoms with Crippen LogP contribution in [0.2, 0.25) is 0 Å². The Morgan fingerprint density at radius 3 is 1.98 bits per heavy atom. The van der Waals surface area contributed by atoms with Crippen LogP contribution in [0.5, 0.6) is 0 Å². The van der Waals surface area contributed by atoms with Crippen molar-refractivity contribution in [1.82, 2.24) is 15.1 Å². The topological polar surface area (TPSA) is 122 Å². The highest BCUT2D eigenvalue weighted by atomic mass is 32.2. The first kappa shape index (κ1) is 32.2. The van der Waals surface area contributed by atoms with Crippen molar-refractivity contribution in [3.63, 3.8) is 0 Å². The van der Waals surface area contributed by atoms with Gasteiger partial charge in [-0.1, -0.05) is 17.7 Å². The maximum atomic E-state index is 13.6. The minimum absolute atomic E-state index is 0.0666. The van der Waals surface area contributed by atoms with Gasteiger partial charge in [-0.25, -0.2) is 13.2 Å². The van der Waals surface area contributed by atoms with Crippen molar-refractivity contribution in [1.29, 1.82) is 0 Å². The number of aryl methyl sites for hydroxylation is 3. The van der Waals surface area contributed by atoms with Crippen LogP contribution in [0, 0.1) is 20.8 Å². The van der Waals surface area contributed by atoms with Crippen molar-refractivity contribution in [2.45, 2.75) is 31.8 Å². The maximum absolute atomic E-state index is 13.6. The quantitative estimate of drug-likeness (QED) is 0.480. The molecular formula is C27H36F3N5O5S. The molecule has 2 aromatic rings. The van der Waals surface area contributed by atoms with E-state index in [0.717, 1.165) is 50.5 Å². The Balaban J connectivity index is 0.000000587. The number of nitrogens with one attached hydrogen (secondary N) is 2. The summed E-state index contributed by atoms with van der Waals surface area (Å²) in [4.78, 5) is 28.6. The van der Waals surface area contributed by atoms with Crippen molar-refractivity contribution in [2.24, 2.45) is 0 Å². The molecule has 41 heavy (non-hydrogen) atoms. The van der Waals surface area contributed by atoms with Crippen LogP contribution >= 0.6 is 0 Å². The van der Waals surface area contributed by atoms with E-state index in [0.29, 0.717) is 40.4 Å². The summed E-state index contributed by atoms with van der Waals surface area (Å²) >= 11 is 0. The normalized spacial score (nSPS) is 16.6. The zero-order valence-corrected chi connectivity index (χ0v) is 24.3. The Bertz CT molecular complexity index is 1350. The smallest absolute Gasteiger partial charge is 0.475 e. The molecule has 14 heteroatoms. The molecular weight excluding hydrogens is 563 g/mol. The van der Waals surface area contributed by atoms with E-state index in [2.05, 4.69) is 19.8 Å². The molecule has 2 aliphatic rings. The summed E-state index contributed by atoms with van der Waals surface area (Å²) in [6.07, 6.45) is -5.08. The van der Waals surface area contributed by atoms with E-state index in [-0.39, 0.29) is 5.91 Å². The van der Waals surface area contributed by atoms with Crippen molar-refractivity contribution >= 4 is 33.3 Å². The number of sulfonamides is 1. The summed E-state index contributed by atoms with van der Waals surface area (Å²) in [5, 5.41) is 10.5. The third kappa shape index (κ3) is 8.33. The molecule has 4 rings (SSSR count). The monoisotopic (exact) mass is 599 g/mol. The van der Waals surface area contributed by atoms with Crippen molar-refractivity contribution in [3.05, 3.63) is 52.6 Å². The number of likely N-dealkylation sites (N-methyl/N-ethyl adjacent to an activating group) is 1. The van der Waals surface area contributed by atoms with Gasteiger partial charge in [-0.2, -0.15) is 13.2 Å². The second-order valence-electron chi connectivity index (χ2n) is 10.2. The van der Waals surface area contributed by atoms with Gasteiger partial charge in [0.15, 0.2) is 0 Å². The van der Waals surface area contributed by atoms with Crippen LogP contribution in [-0.2, 0) is 14.8 Å². The zero-order valence-electron chi connectivity index (χ0n) is 23.5. The standard InChI is InChI=1S/C25H35N5O3S.C2HF3O2/c1-18-15-19(2)24(20(3)16-18)34(32,33)27-22-17-21(25(31)30-13-11-28(4)12-14-30)5-6-23(22)29-9-7-26-8-10-29;3-2(4,5)1(6)7/h5-6,15-17,26-27H,7-14H2,1-4H3;(H,6,7). The number of piperazine rings is 2. The van der Waals surface area contributed by atoms with E-state index in [1.165, 1.54) is 0 Å². The highest BCUT2D eigenvalue weighted by molar-refractivity contribution is 7.92. The molecule has 2 aliphatic heterocycles. The molecule has 2 heterocycles. The number of amides is 1. The van der Waals surface area contributed by atoms with Crippen LogP contribution in [0.15, 0.2) is 35.2 Å². The van der Waals surface area contributed by atoms with Gasteiger partial charge in [0.05, 0.1) is 16.3 Å². The number of carbonyl (C=O) groups is 2. The number of hydrogen-bond donors (Lipinski definition) is 3. The highest BCUT2D eigenvalue weighted by Gasteiger charge is 2.38. The first-order chi connectivity index (χ1) is 19.1. The molecule has 2 aromatic carbocycles. The van der Waals surface area contributed by atoms with E-state index in [1.807, 2.05) is 57.0 Å². The van der Waals surface area contributed by atoms with Crippen LogP contribution in [0.4, 0.5) is 24.5 Å². The van der Waals surface area contributed by atoms with Crippen LogP contribution in [-0.4, -0.2) is 101 Å². The molecule has 0 atom stereocenters. The fraction of sp³-hybridized carbons (Fsp3) is 0.481. The van der Waals surface area contributed by atoms with Crippen LogP contribution in [0.1, 0.15) is 27.0 Å². The van der Waals surface area contributed by atoms with Gasteiger partial charge in [0.25, 0.3) is 15.9 Å². The van der Waals surface area contributed by atoms with Crippen molar-refractivity contribution in [3.8, 4) is 0 Å². The summed E-state index contributed by atoms with van der Waals surface area (Å²) in [6, 6.07) is 9.16. The summed E-state index contributed by atoms with van der Waals surface area (Å²) < 4.78 is 61.7. The predicted octanol–water partition coefficient (Wildman–Crippen LogP) is 2.84. The Hall–Kier alpha value is -3.36. The fourth-order valence-electron chi connectivity index (χ4n) is 4.91. The lowest BCUT2D eigenvalue weighted by molar-refractivity contribution is -0.192. The second-order valence-corrected chi connectivity index (χ2v) is 11.8. The number of carboxylic acid groups (broad SMARTS) is 1. The number of nitrogens with zero attached hydrogens (tertiary/aromatic N) is 3. The van der Waals surface area contributed by atoms with Gasteiger partial charge in [-0.15, -0.1) is 0 Å². The van der Waals surface area contributed by atoms with Gasteiger partial charge >= 0.3 is 12.1 Å². The van der Waals surface area contributed by atoms with Gasteiger partial charge in [0.2, 0.25) is 0 Å². The highest BCUT2D eigenvalue weighted by Crippen LogP contribution is 2.32. The fourth-order valence-corrected chi connectivity index (χ4v) is 6.43. The number of alkyl halides is 3. The largest absolute Gasteiger partial charge is 0.490 e. The minimum Gasteiger partial charge on any atom is -0.475 e. The number of carboxylic acids is 1. The molecule has 0 aromatic heterocycles. The van der Waals surface area contributed by atoms with Gasteiger partial charge in [-0.05, 0) is 57.1 Å². The Morgan fingerprint density at radius 2 is 1.46 bits per heavy atom. The molecule has 0 bridgehead atoms. The van der Waals surface area contributed by atoms with Gasteiger partial charge in [0, 0.05) is 57.9 Å². The molecule has 3 N–H and O–H groups in total. The lowest BCUT2D eigenvalue weighted by atomic mass is 10.1. The number of halogens is 3. The molecule has 1 amide bonds. The number of rotatable bonds is 5. The molecule has 2 fully saturated rings. The number of benzene rings is 2. The molecule has 226 valence electrons. The van der Waals surface area contributed by atoms with E-state index in [1.54, 1.807) is 6.07 Å². The number of hydrogen-bond acceptors (Lipinski definition) is 7. The Labute approximate surface area is 238 Å². The average Bonchev–Trinajstić information content (AvgIpc) is 2.88. The summed E-state index contributed by atoms with van der Waals surface area (Å²) in [5.74, 6) is -2.82. The molecule has 0 saturated carbocycles. The first-order valence-electron chi connectivity index (χ1n) is 13.1. The van der Waals surface area contributed by atoms with Gasteiger partial charge in [0.1, 0.15) is 0 Å². The number of anilines is 2. The van der Waals surface area contributed by atoms with Crippen molar-refractivity contribution in [2.75, 3.05) is 69.0 Å². The minimum atomic E-state index is -5.08. The number of aliphatic carboxylic acids is 1. The number of carbonyl (C=O) groups excluding carboxylic acids is 1. The van der Waals surface area contributed by atoms with E-state index in [9.17, 15) is 26.4 Å². The zero-order chi connectivity index (χ0) is 30.5.